The number of hydrogen-bond donors (Lipinski definition) is 0. The summed E-state index contributed by atoms with van der Waals surface area (Å²) >= 11 is 12.2. The molecule has 0 radical (unpaired) electrons. The molecule has 0 atom stereocenters. The molecule has 1 rings (SSSR count). The minimum Gasteiger partial charge on any atom is -0.410 e. The zero-order chi connectivity index (χ0) is 10.6. The second-order valence-corrected chi connectivity index (χ2v) is 3.98. The molecule has 0 aliphatic carbocycles. The highest BCUT2D eigenvalue weighted by Crippen LogP contribution is 2.24. The van der Waals surface area contributed by atoms with E-state index in [4.69, 9.17) is 23.2 Å². The SMILES string of the molecule is CCSc1ncc(OC(=O)Cl)c(Cl)n1. The van der Waals surface area contributed by atoms with Gasteiger partial charge in [0.2, 0.25) is 0 Å². The summed E-state index contributed by atoms with van der Waals surface area (Å²) in [5.41, 5.74) is -0.966. The van der Waals surface area contributed by atoms with E-state index in [9.17, 15) is 4.79 Å². The van der Waals surface area contributed by atoms with Gasteiger partial charge in [0.15, 0.2) is 16.1 Å². The maximum atomic E-state index is 10.4. The number of ether oxygens (including phenoxy) is 1. The predicted molar refractivity (Wildman–Crippen MR) is 55.3 cm³/mol. The number of hydrogen-bond acceptors (Lipinski definition) is 5. The van der Waals surface area contributed by atoms with E-state index in [0.29, 0.717) is 5.16 Å². The lowest BCUT2D eigenvalue weighted by molar-refractivity contribution is 0.225. The van der Waals surface area contributed by atoms with Gasteiger partial charge in [0, 0.05) is 11.6 Å². The zero-order valence-corrected chi connectivity index (χ0v) is 9.49. The molecule has 14 heavy (non-hydrogen) atoms. The molecule has 7 heteroatoms. The summed E-state index contributed by atoms with van der Waals surface area (Å²) in [6.45, 7) is 1.97. The van der Waals surface area contributed by atoms with E-state index in [1.54, 1.807) is 0 Å². The highest BCUT2D eigenvalue weighted by atomic mass is 35.5. The fourth-order valence-corrected chi connectivity index (χ4v) is 1.53. The molecule has 0 saturated carbocycles. The van der Waals surface area contributed by atoms with Crippen molar-refractivity contribution in [2.45, 2.75) is 12.1 Å². The van der Waals surface area contributed by atoms with Crippen LogP contribution in [-0.4, -0.2) is 21.1 Å². The van der Waals surface area contributed by atoms with Crippen LogP contribution < -0.4 is 4.74 Å². The van der Waals surface area contributed by atoms with Crippen LogP contribution in [0.25, 0.3) is 0 Å². The van der Waals surface area contributed by atoms with Crippen molar-refractivity contribution < 1.29 is 9.53 Å². The first-order valence-corrected chi connectivity index (χ1v) is 5.40. The molecule has 0 spiro atoms. The molecule has 0 bridgehead atoms. The van der Waals surface area contributed by atoms with Crippen LogP contribution in [0.15, 0.2) is 11.4 Å². The molecule has 0 N–H and O–H groups in total. The number of aromatic nitrogens is 2. The third-order valence-corrected chi connectivity index (χ3v) is 2.24. The fourth-order valence-electron chi connectivity index (χ4n) is 0.689. The van der Waals surface area contributed by atoms with E-state index in [1.165, 1.54) is 18.0 Å². The van der Waals surface area contributed by atoms with Crippen molar-refractivity contribution in [3.8, 4) is 5.75 Å². The van der Waals surface area contributed by atoms with Crippen molar-refractivity contribution in [1.82, 2.24) is 9.97 Å². The van der Waals surface area contributed by atoms with Crippen molar-refractivity contribution in [2.75, 3.05) is 5.75 Å². The quantitative estimate of drug-likeness (QED) is 0.358. The van der Waals surface area contributed by atoms with Gasteiger partial charge in [0.1, 0.15) is 0 Å². The molecular weight excluding hydrogens is 247 g/mol. The van der Waals surface area contributed by atoms with Crippen molar-refractivity contribution in [3.05, 3.63) is 11.3 Å². The highest BCUT2D eigenvalue weighted by molar-refractivity contribution is 7.99. The van der Waals surface area contributed by atoms with Gasteiger partial charge in [-0.2, -0.15) is 0 Å². The molecule has 1 aromatic rings. The molecule has 4 nitrogen and oxygen atoms in total. The first kappa shape index (κ1) is 11.6. The second-order valence-electron chi connectivity index (χ2n) is 2.08. The normalized spacial score (nSPS) is 9.93. The van der Waals surface area contributed by atoms with Crippen LogP contribution in [0.5, 0.6) is 5.75 Å². The lowest BCUT2D eigenvalue weighted by atomic mass is 10.6. The Labute approximate surface area is 95.0 Å². The first-order valence-electron chi connectivity index (χ1n) is 3.66. The summed E-state index contributed by atoms with van der Waals surface area (Å²) in [6.07, 6.45) is 1.31. The summed E-state index contributed by atoms with van der Waals surface area (Å²) in [4.78, 5) is 18.2. The molecule has 1 heterocycles. The van der Waals surface area contributed by atoms with Crippen LogP contribution >= 0.6 is 35.0 Å². The molecule has 1 aromatic heterocycles. The lowest BCUT2D eigenvalue weighted by Crippen LogP contribution is -1.99. The number of halogens is 2. The van der Waals surface area contributed by atoms with Crippen LogP contribution in [0.1, 0.15) is 6.92 Å². The standard InChI is InChI=1S/C7H6Cl2N2O2S/c1-2-14-7-10-3-4(5(8)11-7)13-6(9)12/h3H,2H2,1H3. The van der Waals surface area contributed by atoms with E-state index in [1.807, 2.05) is 6.92 Å². The summed E-state index contributed by atoms with van der Waals surface area (Å²) in [6, 6.07) is 0. The Morgan fingerprint density at radius 3 is 2.93 bits per heavy atom. The van der Waals surface area contributed by atoms with Gasteiger partial charge in [-0.05, 0) is 5.75 Å². The van der Waals surface area contributed by atoms with E-state index >= 15 is 0 Å². The van der Waals surface area contributed by atoms with Crippen LogP contribution in [0.3, 0.4) is 0 Å². The molecule has 0 saturated heterocycles. The Hall–Kier alpha value is -0.520. The van der Waals surface area contributed by atoms with Crippen molar-refractivity contribution in [1.29, 1.82) is 0 Å². The smallest absolute Gasteiger partial charge is 0.409 e. The van der Waals surface area contributed by atoms with Gasteiger partial charge in [0.05, 0.1) is 6.20 Å². The first-order chi connectivity index (χ1) is 6.63. The van der Waals surface area contributed by atoms with Crippen molar-refractivity contribution in [3.63, 3.8) is 0 Å². The average molecular weight is 253 g/mol. The molecule has 76 valence electrons. The van der Waals surface area contributed by atoms with E-state index in [-0.39, 0.29) is 10.9 Å². The van der Waals surface area contributed by atoms with Crippen LogP contribution in [0.4, 0.5) is 4.79 Å². The van der Waals surface area contributed by atoms with Crippen molar-refractivity contribution >= 4 is 40.4 Å². The highest BCUT2D eigenvalue weighted by Gasteiger charge is 2.08. The maximum Gasteiger partial charge on any atom is 0.409 e. The van der Waals surface area contributed by atoms with Gasteiger partial charge in [-0.3, -0.25) is 0 Å². The minimum absolute atomic E-state index is 0.0621. The number of nitrogens with zero attached hydrogens (tertiary/aromatic N) is 2. The third kappa shape index (κ3) is 3.32. The van der Waals surface area contributed by atoms with E-state index in [2.05, 4.69) is 14.7 Å². The monoisotopic (exact) mass is 252 g/mol. The number of carbonyl (C=O) groups is 1. The van der Waals surface area contributed by atoms with Crippen LogP contribution in [-0.2, 0) is 0 Å². The molecule has 0 aliphatic heterocycles. The Morgan fingerprint density at radius 1 is 1.71 bits per heavy atom. The molecule has 0 aromatic carbocycles. The van der Waals surface area contributed by atoms with Gasteiger partial charge in [-0.25, -0.2) is 14.8 Å². The zero-order valence-electron chi connectivity index (χ0n) is 7.16. The average Bonchev–Trinajstić information content (AvgIpc) is 2.10. The summed E-state index contributed by atoms with van der Waals surface area (Å²) in [7, 11) is 0. The fraction of sp³-hybridized carbons (Fsp3) is 0.286. The van der Waals surface area contributed by atoms with Gasteiger partial charge in [-0.15, -0.1) is 0 Å². The Balaban J connectivity index is 2.84. The maximum absolute atomic E-state index is 10.4. The van der Waals surface area contributed by atoms with Gasteiger partial charge in [-0.1, -0.05) is 30.3 Å². The number of carbonyl (C=O) groups excluding carboxylic acids is 1. The van der Waals surface area contributed by atoms with Gasteiger partial charge < -0.3 is 4.74 Å². The number of rotatable bonds is 3. The van der Waals surface area contributed by atoms with Crippen LogP contribution in [0.2, 0.25) is 5.15 Å². The van der Waals surface area contributed by atoms with Crippen molar-refractivity contribution in [2.24, 2.45) is 0 Å². The second kappa shape index (κ2) is 5.38. The van der Waals surface area contributed by atoms with E-state index in [0.717, 1.165) is 5.75 Å². The molecule has 0 amide bonds. The molecule has 0 aliphatic rings. The Morgan fingerprint density at radius 2 is 2.43 bits per heavy atom. The third-order valence-electron chi connectivity index (χ3n) is 1.15. The number of thioether (sulfide) groups is 1. The van der Waals surface area contributed by atoms with Gasteiger partial charge >= 0.3 is 5.43 Å². The van der Waals surface area contributed by atoms with Gasteiger partial charge in [0.25, 0.3) is 0 Å². The Kier molecular flexibility index (Phi) is 4.44. The summed E-state index contributed by atoms with van der Waals surface area (Å²) in [5.74, 6) is 0.900. The Bertz CT molecular complexity index is 348. The topological polar surface area (TPSA) is 52.1 Å². The van der Waals surface area contributed by atoms with Crippen LogP contribution in [0, 0.1) is 0 Å². The molecule has 0 fully saturated rings. The largest absolute Gasteiger partial charge is 0.410 e. The molecular formula is C7H6Cl2N2O2S. The minimum atomic E-state index is -0.966. The van der Waals surface area contributed by atoms with E-state index < -0.39 is 5.43 Å². The predicted octanol–water partition coefficient (Wildman–Crippen LogP) is 2.98. The lowest BCUT2D eigenvalue weighted by Gasteiger charge is -2.02. The summed E-state index contributed by atoms with van der Waals surface area (Å²) < 4.78 is 4.54. The summed E-state index contributed by atoms with van der Waals surface area (Å²) in [5, 5.41) is 0.608. The molecule has 0 unspecified atom stereocenters.